The Balaban J connectivity index is 1.00. The number of rotatable bonds is 10. The van der Waals surface area contributed by atoms with Gasteiger partial charge in [-0.15, -0.1) is 0 Å². The predicted molar refractivity (Wildman–Crippen MR) is 290 cm³/mol. The van der Waals surface area contributed by atoms with Crippen molar-refractivity contribution < 1.29 is 20.4 Å². The summed E-state index contributed by atoms with van der Waals surface area (Å²) >= 11 is 7.38. The smallest absolute Gasteiger partial charge is 0.115 e. The molecule has 4 N–H and O–H groups in total. The number of aromatic hydroxyl groups is 4. The Morgan fingerprint density at radius 1 is 0.343 bits per heavy atom. The van der Waals surface area contributed by atoms with Gasteiger partial charge in [-0.2, -0.15) is 0 Å². The zero-order valence-electron chi connectivity index (χ0n) is 37.9. The van der Waals surface area contributed by atoms with E-state index in [4.69, 9.17) is 9.98 Å². The van der Waals surface area contributed by atoms with Crippen LogP contribution in [0, 0.1) is 0 Å². The van der Waals surface area contributed by atoms with Gasteiger partial charge in [-0.25, -0.2) is 0 Å². The van der Waals surface area contributed by atoms with Crippen LogP contribution in [0.1, 0.15) is 33.4 Å². The molecule has 0 fully saturated rings. The summed E-state index contributed by atoms with van der Waals surface area (Å²) in [6, 6.07) is 63.5. The average molecular weight is 1040 g/mol. The van der Waals surface area contributed by atoms with Crippen LogP contribution in [0.2, 0.25) is 0 Å². The van der Waals surface area contributed by atoms with Crippen molar-refractivity contribution in [3.05, 3.63) is 236 Å². The fourth-order valence-electron chi connectivity index (χ4n) is 10.5. The molecule has 9 aromatic rings. The number of phenolic OH excluding ortho intramolecular Hbond substituents is 4. The van der Waals surface area contributed by atoms with E-state index < -0.39 is 10.8 Å². The van der Waals surface area contributed by atoms with Gasteiger partial charge in [0.15, 0.2) is 0 Å². The molecule has 0 bridgehead atoms. The molecule has 0 aromatic heterocycles. The summed E-state index contributed by atoms with van der Waals surface area (Å²) in [5.74, 6) is 0.798. The van der Waals surface area contributed by atoms with Crippen molar-refractivity contribution in [1.29, 1.82) is 0 Å². The number of benzene rings is 9. The second-order valence-corrected chi connectivity index (χ2v) is 20.4. The van der Waals surface area contributed by atoms with Gasteiger partial charge in [0.25, 0.3) is 0 Å². The number of hydrogen-bond acceptors (Lipinski definition) is 6. The number of hydrogen-bond donors (Lipinski definition) is 4. The van der Waals surface area contributed by atoms with Crippen molar-refractivity contribution in [2.45, 2.75) is 36.5 Å². The maximum atomic E-state index is 10.2. The molecular formula is C62H46Br2N2O4. The molecule has 0 amide bonds. The SMILES string of the molecule is Oc1ccc(-c2cccc(-c3ccc(O)cc3)c2N=CC2(c3ccc(Br)cc3)Cc3cc4c(cc3C2)CC(C=Nc2c(-c3ccc(O)cc3)cccc2-c2ccc(O)cc2)(c2ccc(Br)cc2)C4)cc1. The predicted octanol–water partition coefficient (Wildman–Crippen LogP) is 15.6. The Kier molecular flexibility index (Phi) is 11.8. The highest BCUT2D eigenvalue weighted by molar-refractivity contribution is 9.10. The quantitative estimate of drug-likeness (QED) is 0.102. The topological polar surface area (TPSA) is 106 Å². The minimum absolute atomic E-state index is 0.199. The molecule has 0 unspecified atom stereocenters. The molecule has 9 aromatic carbocycles. The van der Waals surface area contributed by atoms with Gasteiger partial charge in [0.05, 0.1) is 11.4 Å². The van der Waals surface area contributed by atoms with E-state index in [1.807, 2.05) is 60.7 Å². The minimum atomic E-state index is -0.459. The second-order valence-electron chi connectivity index (χ2n) is 18.5. The van der Waals surface area contributed by atoms with Crippen LogP contribution in [0.25, 0.3) is 44.5 Å². The molecule has 0 radical (unpaired) electrons. The second kappa shape index (κ2) is 18.4. The third kappa shape index (κ3) is 8.74. The van der Waals surface area contributed by atoms with Crippen LogP contribution in [0.5, 0.6) is 23.0 Å². The summed E-state index contributed by atoms with van der Waals surface area (Å²) in [6.45, 7) is 0. The summed E-state index contributed by atoms with van der Waals surface area (Å²) in [5, 5.41) is 40.8. The van der Waals surface area contributed by atoms with Gasteiger partial charge in [0.2, 0.25) is 0 Å². The zero-order valence-corrected chi connectivity index (χ0v) is 41.1. The van der Waals surface area contributed by atoms with Crippen molar-refractivity contribution in [2.75, 3.05) is 0 Å². The third-order valence-electron chi connectivity index (χ3n) is 14.1. The molecule has 70 heavy (non-hydrogen) atoms. The monoisotopic (exact) mass is 1040 g/mol. The van der Waals surface area contributed by atoms with E-state index in [1.54, 1.807) is 48.5 Å². The van der Waals surface area contributed by atoms with Crippen LogP contribution in [0.4, 0.5) is 11.4 Å². The lowest BCUT2D eigenvalue weighted by Gasteiger charge is -2.26. The van der Waals surface area contributed by atoms with Crippen LogP contribution in [0.3, 0.4) is 0 Å². The van der Waals surface area contributed by atoms with E-state index >= 15 is 0 Å². The van der Waals surface area contributed by atoms with E-state index in [2.05, 4.69) is 129 Å². The Hall–Kier alpha value is -7.52. The zero-order chi connectivity index (χ0) is 48.0. The summed E-state index contributed by atoms with van der Waals surface area (Å²) < 4.78 is 2.02. The van der Waals surface area contributed by atoms with Gasteiger partial charge in [0, 0.05) is 54.5 Å². The fourth-order valence-corrected chi connectivity index (χ4v) is 11.0. The number of para-hydroxylation sites is 2. The Morgan fingerprint density at radius 2 is 0.600 bits per heavy atom. The number of halogens is 2. The van der Waals surface area contributed by atoms with Gasteiger partial charge in [-0.3, -0.25) is 9.98 Å². The first-order valence-electron chi connectivity index (χ1n) is 23.2. The molecule has 0 saturated carbocycles. The van der Waals surface area contributed by atoms with E-state index in [9.17, 15) is 20.4 Å². The van der Waals surface area contributed by atoms with E-state index in [1.165, 1.54) is 33.4 Å². The molecule has 2 aliphatic carbocycles. The largest absolute Gasteiger partial charge is 0.508 e. The first kappa shape index (κ1) is 45.0. The van der Waals surface area contributed by atoms with Crippen molar-refractivity contribution in [1.82, 2.24) is 0 Å². The number of phenols is 4. The Bertz CT molecular complexity index is 3070. The summed E-state index contributed by atoms with van der Waals surface area (Å²) in [4.78, 5) is 11.0. The molecule has 6 nitrogen and oxygen atoms in total. The molecule has 11 rings (SSSR count). The molecule has 0 atom stereocenters. The van der Waals surface area contributed by atoms with Gasteiger partial charge in [-0.05, 0) is 154 Å². The van der Waals surface area contributed by atoms with Crippen LogP contribution in [0.15, 0.2) is 213 Å². The summed E-state index contributed by atoms with van der Waals surface area (Å²) in [7, 11) is 0. The highest BCUT2D eigenvalue weighted by Gasteiger charge is 2.42. The fraction of sp³-hybridized carbons (Fsp3) is 0.0968. The lowest BCUT2D eigenvalue weighted by atomic mass is 9.78. The van der Waals surface area contributed by atoms with Crippen LogP contribution >= 0.6 is 31.9 Å². The third-order valence-corrected chi connectivity index (χ3v) is 15.1. The van der Waals surface area contributed by atoms with Gasteiger partial charge >= 0.3 is 0 Å². The van der Waals surface area contributed by atoms with Gasteiger partial charge < -0.3 is 20.4 Å². The van der Waals surface area contributed by atoms with Gasteiger partial charge in [-0.1, -0.05) is 153 Å². The Labute approximate surface area is 423 Å². The van der Waals surface area contributed by atoms with Crippen molar-refractivity contribution >= 4 is 55.7 Å². The lowest BCUT2D eigenvalue weighted by Crippen LogP contribution is -2.29. The first-order chi connectivity index (χ1) is 34.0. The Morgan fingerprint density at radius 3 is 0.857 bits per heavy atom. The normalized spacial score (nSPS) is 14.5. The molecule has 0 heterocycles. The van der Waals surface area contributed by atoms with Crippen molar-refractivity contribution in [2.24, 2.45) is 9.98 Å². The molecule has 2 aliphatic rings. The summed E-state index contributed by atoms with van der Waals surface area (Å²) in [5.41, 5.74) is 15.8. The average Bonchev–Trinajstić information content (AvgIpc) is 3.93. The van der Waals surface area contributed by atoms with Crippen LogP contribution in [-0.4, -0.2) is 32.9 Å². The van der Waals surface area contributed by atoms with Gasteiger partial charge in [0.1, 0.15) is 23.0 Å². The van der Waals surface area contributed by atoms with E-state index in [0.29, 0.717) is 0 Å². The van der Waals surface area contributed by atoms with Crippen molar-refractivity contribution in [3.63, 3.8) is 0 Å². The highest BCUT2D eigenvalue weighted by atomic mass is 79.9. The molecule has 8 heteroatoms. The maximum Gasteiger partial charge on any atom is 0.115 e. The molecule has 0 spiro atoms. The van der Waals surface area contributed by atoms with E-state index in [0.717, 1.165) is 90.5 Å². The maximum absolute atomic E-state index is 10.2. The van der Waals surface area contributed by atoms with Crippen LogP contribution in [-0.2, 0) is 36.5 Å². The number of aliphatic imine (C=N–C) groups is 2. The number of nitrogens with zero attached hydrogens (tertiary/aromatic N) is 2. The van der Waals surface area contributed by atoms with E-state index in [-0.39, 0.29) is 23.0 Å². The highest BCUT2D eigenvalue weighted by Crippen LogP contribution is 2.48. The van der Waals surface area contributed by atoms with Crippen LogP contribution < -0.4 is 0 Å². The minimum Gasteiger partial charge on any atom is -0.508 e. The molecule has 0 saturated heterocycles. The lowest BCUT2D eigenvalue weighted by molar-refractivity contribution is 0.475. The standard InChI is InChI=1S/C62H46Br2N2O4/c63-49-19-15-47(16-20-49)61(37-65-59-55(39-7-23-51(67)24-8-39)3-1-4-56(59)40-9-25-52(68)26-10-40)33-43-31-45-35-62(36-46(45)32-44(43)34-61,48-17-21-50(64)22-18-48)38-66-60-57(41-11-27-53(69)28-12-41)5-2-6-58(60)42-13-29-54(70)30-14-42/h1-32,37-38,67-70H,33-36H2. The van der Waals surface area contributed by atoms with Crippen molar-refractivity contribution in [3.8, 4) is 67.5 Å². The first-order valence-corrected chi connectivity index (χ1v) is 24.8. The molecular weight excluding hydrogens is 996 g/mol. The molecule has 342 valence electrons. The summed E-state index contributed by atoms with van der Waals surface area (Å²) in [6.07, 6.45) is 7.36. The number of fused-ring (bicyclic) bond motifs is 2. The molecule has 0 aliphatic heterocycles.